The Kier molecular flexibility index (Phi) is 3.35. The normalized spacial score (nSPS) is 10.6. The lowest BCUT2D eigenvalue weighted by Crippen LogP contribution is -1.99. The van der Waals surface area contributed by atoms with Crippen molar-refractivity contribution in [1.82, 2.24) is 0 Å². The number of thiophene rings is 1. The van der Waals surface area contributed by atoms with Crippen LogP contribution in [0.25, 0.3) is 10.1 Å². The average molecular weight is 284 g/mol. The molecule has 20 heavy (non-hydrogen) atoms. The Hall–Kier alpha value is -2.40. The van der Waals surface area contributed by atoms with Crippen LogP contribution >= 0.6 is 11.3 Å². The highest BCUT2D eigenvalue weighted by Gasteiger charge is 2.05. The molecule has 1 heterocycles. The minimum atomic E-state index is -0.374. The van der Waals surface area contributed by atoms with Crippen LogP contribution in [0.4, 0.5) is 11.4 Å². The highest BCUT2D eigenvalue weighted by atomic mass is 32.1. The van der Waals surface area contributed by atoms with Gasteiger partial charge in [0.25, 0.3) is 5.69 Å². The molecule has 1 N–H and O–H groups in total. The van der Waals surface area contributed by atoms with Crippen molar-refractivity contribution in [3.05, 3.63) is 69.6 Å². The van der Waals surface area contributed by atoms with Gasteiger partial charge in [0.05, 0.1) is 4.92 Å². The zero-order valence-electron chi connectivity index (χ0n) is 10.6. The SMILES string of the molecule is O=[N+]([O-])c1cccc(CNc2ccc3sccc3c2)c1. The number of fused-ring (bicyclic) bond motifs is 1. The molecular weight excluding hydrogens is 272 g/mol. The molecule has 3 rings (SSSR count). The summed E-state index contributed by atoms with van der Waals surface area (Å²) >= 11 is 1.71. The molecule has 0 unspecified atom stereocenters. The summed E-state index contributed by atoms with van der Waals surface area (Å²) in [5, 5.41) is 17.3. The molecule has 0 saturated carbocycles. The molecule has 0 aliphatic rings. The largest absolute Gasteiger partial charge is 0.381 e. The Labute approximate surface area is 119 Å². The second-order valence-corrected chi connectivity index (χ2v) is 5.40. The molecule has 0 aliphatic carbocycles. The van der Waals surface area contributed by atoms with Crippen LogP contribution in [0.5, 0.6) is 0 Å². The van der Waals surface area contributed by atoms with Crippen molar-refractivity contribution in [3.8, 4) is 0 Å². The minimum Gasteiger partial charge on any atom is -0.381 e. The molecule has 0 bridgehead atoms. The van der Waals surface area contributed by atoms with E-state index in [2.05, 4.69) is 28.9 Å². The zero-order valence-corrected chi connectivity index (χ0v) is 11.4. The first-order chi connectivity index (χ1) is 9.72. The third kappa shape index (κ3) is 2.62. The number of rotatable bonds is 4. The monoisotopic (exact) mass is 284 g/mol. The van der Waals surface area contributed by atoms with Gasteiger partial charge in [-0.2, -0.15) is 0 Å². The van der Waals surface area contributed by atoms with E-state index < -0.39 is 0 Å². The van der Waals surface area contributed by atoms with Gasteiger partial charge in [-0.1, -0.05) is 12.1 Å². The molecule has 0 aliphatic heterocycles. The quantitative estimate of drug-likeness (QED) is 0.570. The molecular formula is C15H12N2O2S. The number of hydrogen-bond donors (Lipinski definition) is 1. The smallest absolute Gasteiger partial charge is 0.269 e. The maximum atomic E-state index is 10.7. The topological polar surface area (TPSA) is 55.2 Å². The highest BCUT2D eigenvalue weighted by Crippen LogP contribution is 2.24. The van der Waals surface area contributed by atoms with Gasteiger partial charge in [-0.05, 0) is 40.6 Å². The van der Waals surface area contributed by atoms with E-state index in [9.17, 15) is 10.1 Å². The van der Waals surface area contributed by atoms with Crippen LogP contribution in [0.15, 0.2) is 53.9 Å². The fourth-order valence-corrected chi connectivity index (χ4v) is 2.83. The van der Waals surface area contributed by atoms with Crippen LogP contribution < -0.4 is 5.32 Å². The fraction of sp³-hybridized carbons (Fsp3) is 0.0667. The first-order valence-corrected chi connectivity index (χ1v) is 7.05. The van der Waals surface area contributed by atoms with Crippen LogP contribution in [0.2, 0.25) is 0 Å². The summed E-state index contributed by atoms with van der Waals surface area (Å²) in [6.07, 6.45) is 0. The summed E-state index contributed by atoms with van der Waals surface area (Å²) in [6, 6.07) is 14.9. The Morgan fingerprint density at radius 1 is 1.15 bits per heavy atom. The van der Waals surface area contributed by atoms with Gasteiger partial charge in [-0.15, -0.1) is 11.3 Å². The first-order valence-electron chi connectivity index (χ1n) is 6.17. The van der Waals surface area contributed by atoms with Gasteiger partial charge in [0.2, 0.25) is 0 Å². The third-order valence-electron chi connectivity index (χ3n) is 3.07. The summed E-state index contributed by atoms with van der Waals surface area (Å²) in [4.78, 5) is 10.4. The van der Waals surface area contributed by atoms with Crippen molar-refractivity contribution in [2.45, 2.75) is 6.54 Å². The Morgan fingerprint density at radius 3 is 2.90 bits per heavy atom. The van der Waals surface area contributed by atoms with Gasteiger partial charge in [-0.25, -0.2) is 0 Å². The lowest BCUT2D eigenvalue weighted by molar-refractivity contribution is -0.384. The van der Waals surface area contributed by atoms with Crippen molar-refractivity contribution in [1.29, 1.82) is 0 Å². The zero-order chi connectivity index (χ0) is 13.9. The van der Waals surface area contributed by atoms with Gasteiger partial charge >= 0.3 is 0 Å². The molecule has 0 amide bonds. The average Bonchev–Trinajstić information content (AvgIpc) is 2.93. The van der Waals surface area contributed by atoms with E-state index in [0.29, 0.717) is 6.54 Å². The molecule has 3 aromatic rings. The van der Waals surface area contributed by atoms with Crippen LogP contribution in [-0.4, -0.2) is 4.92 Å². The molecule has 0 atom stereocenters. The summed E-state index contributed by atoms with van der Waals surface area (Å²) in [7, 11) is 0. The second-order valence-electron chi connectivity index (χ2n) is 4.45. The van der Waals surface area contributed by atoms with Gasteiger partial charge < -0.3 is 5.32 Å². The molecule has 0 radical (unpaired) electrons. The van der Waals surface area contributed by atoms with E-state index in [1.165, 1.54) is 16.2 Å². The molecule has 2 aromatic carbocycles. The number of nitro groups is 1. The first kappa shape index (κ1) is 12.6. The van der Waals surface area contributed by atoms with E-state index in [-0.39, 0.29) is 10.6 Å². The van der Waals surface area contributed by atoms with Crippen molar-refractivity contribution < 1.29 is 4.92 Å². The van der Waals surface area contributed by atoms with Crippen LogP contribution in [0.3, 0.4) is 0 Å². The number of nitrogens with one attached hydrogen (secondary N) is 1. The lowest BCUT2D eigenvalue weighted by atomic mass is 10.2. The standard InChI is InChI=1S/C15H12N2O2S/c18-17(19)14-3-1-2-11(8-14)10-16-13-4-5-15-12(9-13)6-7-20-15/h1-9,16H,10H2. The van der Waals surface area contributed by atoms with E-state index in [0.717, 1.165) is 11.3 Å². The van der Waals surface area contributed by atoms with Crippen LogP contribution in [-0.2, 0) is 6.54 Å². The van der Waals surface area contributed by atoms with Crippen LogP contribution in [0, 0.1) is 10.1 Å². The van der Waals surface area contributed by atoms with E-state index in [1.807, 2.05) is 12.1 Å². The lowest BCUT2D eigenvalue weighted by Gasteiger charge is -2.06. The van der Waals surface area contributed by atoms with Gasteiger partial charge in [0.1, 0.15) is 0 Å². The number of non-ortho nitro benzene ring substituents is 1. The van der Waals surface area contributed by atoms with Crippen molar-refractivity contribution in [3.63, 3.8) is 0 Å². The molecule has 0 spiro atoms. The van der Waals surface area contributed by atoms with E-state index in [4.69, 9.17) is 0 Å². The maximum absolute atomic E-state index is 10.7. The van der Waals surface area contributed by atoms with Crippen LogP contribution in [0.1, 0.15) is 5.56 Å². The molecule has 5 heteroatoms. The summed E-state index contributed by atoms with van der Waals surface area (Å²) in [6.45, 7) is 0.567. The van der Waals surface area contributed by atoms with Gasteiger partial charge in [-0.3, -0.25) is 10.1 Å². The predicted octanol–water partition coefficient (Wildman–Crippen LogP) is 4.42. The summed E-state index contributed by atoms with van der Waals surface area (Å²) < 4.78 is 1.26. The second kappa shape index (κ2) is 5.30. The Morgan fingerprint density at radius 2 is 2.05 bits per heavy atom. The van der Waals surface area contributed by atoms with Crippen molar-refractivity contribution in [2.75, 3.05) is 5.32 Å². The Bertz CT molecular complexity index is 767. The number of hydrogen-bond acceptors (Lipinski definition) is 4. The maximum Gasteiger partial charge on any atom is 0.269 e. The molecule has 0 fully saturated rings. The number of nitro benzene ring substituents is 1. The predicted molar refractivity (Wildman–Crippen MR) is 82.2 cm³/mol. The molecule has 4 nitrogen and oxygen atoms in total. The number of nitrogens with zero attached hydrogens (tertiary/aromatic N) is 1. The summed E-state index contributed by atoms with van der Waals surface area (Å²) in [5.74, 6) is 0. The molecule has 1 aromatic heterocycles. The summed E-state index contributed by atoms with van der Waals surface area (Å²) in [5.41, 5.74) is 2.03. The fourth-order valence-electron chi connectivity index (χ4n) is 2.06. The van der Waals surface area contributed by atoms with Crippen molar-refractivity contribution >= 4 is 32.8 Å². The molecule has 0 saturated heterocycles. The van der Waals surface area contributed by atoms with Crippen molar-refractivity contribution in [2.24, 2.45) is 0 Å². The van der Waals surface area contributed by atoms with Gasteiger partial charge in [0.15, 0.2) is 0 Å². The minimum absolute atomic E-state index is 0.123. The van der Waals surface area contributed by atoms with E-state index >= 15 is 0 Å². The molecule has 100 valence electrons. The number of benzene rings is 2. The van der Waals surface area contributed by atoms with E-state index in [1.54, 1.807) is 23.5 Å². The Balaban J connectivity index is 1.75. The third-order valence-corrected chi connectivity index (χ3v) is 3.97. The number of anilines is 1. The highest BCUT2D eigenvalue weighted by molar-refractivity contribution is 7.17. The van der Waals surface area contributed by atoms with Gasteiger partial charge in [0, 0.05) is 29.1 Å².